The van der Waals surface area contributed by atoms with Crippen LogP contribution in [0, 0.1) is 0 Å². The van der Waals surface area contributed by atoms with Crippen molar-refractivity contribution in [3.63, 3.8) is 0 Å². The van der Waals surface area contributed by atoms with E-state index in [1.807, 2.05) is 60.7 Å². The van der Waals surface area contributed by atoms with Crippen LogP contribution in [0.15, 0.2) is 66.9 Å². The number of carbonyl (C=O) groups excluding carboxylic acids is 3. The number of aryl methyl sites for hydroxylation is 1. The van der Waals surface area contributed by atoms with Crippen LogP contribution in [0.25, 0.3) is 0 Å². The fourth-order valence-corrected chi connectivity index (χ4v) is 3.11. The molecule has 1 heterocycles. The van der Waals surface area contributed by atoms with Crippen molar-refractivity contribution in [1.82, 2.24) is 15.1 Å². The van der Waals surface area contributed by atoms with Crippen molar-refractivity contribution in [3.05, 3.63) is 89.2 Å². The maximum Gasteiger partial charge on any atom is 0.287 e. The molecule has 0 radical (unpaired) electrons. The minimum absolute atomic E-state index is 0.169. The van der Waals surface area contributed by atoms with Gasteiger partial charge in [0.2, 0.25) is 5.78 Å². The third-order valence-electron chi connectivity index (χ3n) is 4.51. The molecule has 148 valence electrons. The molecule has 0 aliphatic heterocycles. The SMILES string of the molecule is Cn1cc(C(=O)NC(Cc2ccccc2)C(=O)C(N)=O)c(Cc2ccccc2)n1. The number of Topliss-reactive ketones (excluding diaryl/α,β-unsaturated/α-hetero) is 1. The smallest absolute Gasteiger partial charge is 0.287 e. The molecule has 3 aromatic rings. The van der Waals surface area contributed by atoms with Crippen molar-refractivity contribution in [2.75, 3.05) is 0 Å². The number of rotatable bonds is 8. The summed E-state index contributed by atoms with van der Waals surface area (Å²) >= 11 is 0. The Morgan fingerprint density at radius 2 is 1.59 bits per heavy atom. The Morgan fingerprint density at radius 3 is 2.17 bits per heavy atom. The molecule has 29 heavy (non-hydrogen) atoms. The molecular weight excluding hydrogens is 368 g/mol. The molecule has 0 fully saturated rings. The zero-order valence-corrected chi connectivity index (χ0v) is 16.0. The zero-order chi connectivity index (χ0) is 20.8. The third kappa shape index (κ3) is 5.16. The van der Waals surface area contributed by atoms with Crippen molar-refractivity contribution in [2.24, 2.45) is 12.8 Å². The van der Waals surface area contributed by atoms with Crippen LogP contribution in [0.3, 0.4) is 0 Å². The molecule has 0 saturated heterocycles. The van der Waals surface area contributed by atoms with Gasteiger partial charge in [0.25, 0.3) is 11.8 Å². The molecule has 2 aromatic carbocycles. The molecule has 3 rings (SSSR count). The summed E-state index contributed by atoms with van der Waals surface area (Å²) in [5.74, 6) is -2.39. The number of nitrogens with zero attached hydrogens (tertiary/aromatic N) is 2. The molecule has 0 aliphatic carbocycles. The second kappa shape index (κ2) is 8.97. The van der Waals surface area contributed by atoms with Crippen molar-refractivity contribution in [3.8, 4) is 0 Å². The first-order valence-electron chi connectivity index (χ1n) is 9.19. The number of nitrogens with two attached hydrogens (primary N) is 1. The number of benzene rings is 2. The lowest BCUT2D eigenvalue weighted by Crippen LogP contribution is -2.47. The van der Waals surface area contributed by atoms with Crippen LogP contribution >= 0.6 is 0 Å². The molecule has 0 aliphatic rings. The highest BCUT2D eigenvalue weighted by Gasteiger charge is 2.27. The number of hydrogen-bond acceptors (Lipinski definition) is 4. The third-order valence-corrected chi connectivity index (χ3v) is 4.51. The van der Waals surface area contributed by atoms with Crippen LogP contribution in [0.1, 0.15) is 27.2 Å². The summed E-state index contributed by atoms with van der Waals surface area (Å²) in [6.45, 7) is 0. The van der Waals surface area contributed by atoms with Gasteiger partial charge >= 0.3 is 0 Å². The van der Waals surface area contributed by atoms with Gasteiger partial charge in [-0.25, -0.2) is 0 Å². The normalized spacial score (nSPS) is 11.6. The van der Waals surface area contributed by atoms with Gasteiger partial charge < -0.3 is 11.1 Å². The van der Waals surface area contributed by atoms with E-state index in [9.17, 15) is 14.4 Å². The Morgan fingerprint density at radius 1 is 1.00 bits per heavy atom. The van der Waals surface area contributed by atoms with Crippen LogP contribution in [-0.4, -0.2) is 33.4 Å². The summed E-state index contributed by atoms with van der Waals surface area (Å²) in [6.07, 6.45) is 2.24. The second-order valence-electron chi connectivity index (χ2n) is 6.77. The van der Waals surface area contributed by atoms with Crippen molar-refractivity contribution in [1.29, 1.82) is 0 Å². The van der Waals surface area contributed by atoms with Gasteiger partial charge in [-0.1, -0.05) is 60.7 Å². The lowest BCUT2D eigenvalue weighted by Gasteiger charge is -2.16. The van der Waals surface area contributed by atoms with E-state index in [0.717, 1.165) is 11.1 Å². The Bertz CT molecular complexity index is 1010. The highest BCUT2D eigenvalue weighted by Crippen LogP contribution is 2.14. The van der Waals surface area contributed by atoms with Gasteiger partial charge in [-0.3, -0.25) is 19.1 Å². The van der Waals surface area contributed by atoms with Gasteiger partial charge in [-0.2, -0.15) is 5.10 Å². The number of aromatic nitrogens is 2. The average Bonchev–Trinajstić information content (AvgIpc) is 3.08. The van der Waals surface area contributed by atoms with Crippen LogP contribution in [0.2, 0.25) is 0 Å². The number of carbonyl (C=O) groups is 3. The zero-order valence-electron chi connectivity index (χ0n) is 16.0. The van der Waals surface area contributed by atoms with E-state index in [1.165, 1.54) is 0 Å². The standard InChI is InChI=1S/C22H22N4O3/c1-26-14-17(18(25-26)12-15-8-4-2-5-9-15)22(29)24-19(20(27)21(23)28)13-16-10-6-3-7-11-16/h2-11,14,19H,12-13H2,1H3,(H2,23,28)(H,24,29). The van der Waals surface area contributed by atoms with E-state index in [2.05, 4.69) is 10.4 Å². The Balaban J connectivity index is 1.82. The van der Waals surface area contributed by atoms with Crippen molar-refractivity contribution >= 4 is 17.6 Å². The van der Waals surface area contributed by atoms with E-state index >= 15 is 0 Å². The number of primary amides is 1. The number of ketones is 1. The summed E-state index contributed by atoms with van der Waals surface area (Å²) in [5.41, 5.74) is 7.94. The fourth-order valence-electron chi connectivity index (χ4n) is 3.11. The molecule has 0 saturated carbocycles. The summed E-state index contributed by atoms with van der Waals surface area (Å²) in [7, 11) is 1.72. The largest absolute Gasteiger partial charge is 0.363 e. The van der Waals surface area contributed by atoms with E-state index in [0.29, 0.717) is 17.7 Å². The molecular formula is C22H22N4O3. The highest BCUT2D eigenvalue weighted by molar-refractivity contribution is 6.38. The molecule has 7 nitrogen and oxygen atoms in total. The summed E-state index contributed by atoms with van der Waals surface area (Å²) in [6, 6.07) is 17.7. The predicted octanol–water partition coefficient (Wildman–Crippen LogP) is 1.41. The first-order chi connectivity index (χ1) is 13.9. The number of hydrogen-bond donors (Lipinski definition) is 2. The quantitative estimate of drug-likeness (QED) is 0.567. The van der Waals surface area contributed by atoms with Gasteiger partial charge in [0.15, 0.2) is 0 Å². The molecule has 0 bridgehead atoms. The lowest BCUT2D eigenvalue weighted by atomic mass is 10.0. The Labute approximate surface area is 168 Å². The summed E-state index contributed by atoms with van der Waals surface area (Å²) < 4.78 is 1.55. The minimum Gasteiger partial charge on any atom is -0.363 e. The van der Waals surface area contributed by atoms with Crippen LogP contribution in [0.5, 0.6) is 0 Å². The van der Waals surface area contributed by atoms with Gasteiger partial charge in [0.1, 0.15) is 6.04 Å². The Hall–Kier alpha value is -3.74. The minimum atomic E-state index is -1.08. The van der Waals surface area contributed by atoms with E-state index in [-0.39, 0.29) is 6.42 Å². The van der Waals surface area contributed by atoms with Gasteiger partial charge in [0.05, 0.1) is 11.3 Å². The predicted molar refractivity (Wildman–Crippen MR) is 108 cm³/mol. The highest BCUT2D eigenvalue weighted by atomic mass is 16.2. The first-order valence-corrected chi connectivity index (χ1v) is 9.19. The number of amides is 2. The van der Waals surface area contributed by atoms with Gasteiger partial charge in [0, 0.05) is 26.1 Å². The molecule has 2 amide bonds. The molecule has 0 spiro atoms. The number of nitrogens with one attached hydrogen (secondary N) is 1. The monoisotopic (exact) mass is 390 g/mol. The average molecular weight is 390 g/mol. The van der Waals surface area contributed by atoms with Gasteiger partial charge in [-0.05, 0) is 11.1 Å². The molecule has 1 unspecified atom stereocenters. The van der Waals surface area contributed by atoms with Gasteiger partial charge in [-0.15, -0.1) is 0 Å². The van der Waals surface area contributed by atoms with Crippen LogP contribution in [0.4, 0.5) is 0 Å². The van der Waals surface area contributed by atoms with E-state index < -0.39 is 23.6 Å². The lowest BCUT2D eigenvalue weighted by molar-refractivity contribution is -0.137. The maximum atomic E-state index is 12.9. The van der Waals surface area contributed by atoms with Crippen molar-refractivity contribution in [2.45, 2.75) is 18.9 Å². The maximum absolute atomic E-state index is 12.9. The molecule has 1 aromatic heterocycles. The van der Waals surface area contributed by atoms with Crippen molar-refractivity contribution < 1.29 is 14.4 Å². The van der Waals surface area contributed by atoms with Crippen LogP contribution < -0.4 is 11.1 Å². The molecule has 7 heteroatoms. The Kier molecular flexibility index (Phi) is 6.19. The first kappa shape index (κ1) is 20.0. The second-order valence-corrected chi connectivity index (χ2v) is 6.77. The summed E-state index contributed by atoms with van der Waals surface area (Å²) in [5, 5.41) is 7.04. The molecule has 3 N–H and O–H groups in total. The van der Waals surface area contributed by atoms with E-state index in [1.54, 1.807) is 17.9 Å². The molecule has 1 atom stereocenters. The van der Waals surface area contributed by atoms with Crippen LogP contribution in [-0.2, 0) is 29.5 Å². The summed E-state index contributed by atoms with van der Waals surface area (Å²) in [4.78, 5) is 36.7. The van der Waals surface area contributed by atoms with E-state index in [4.69, 9.17) is 5.73 Å². The topological polar surface area (TPSA) is 107 Å². The fraction of sp³-hybridized carbons (Fsp3) is 0.182.